The Morgan fingerprint density at radius 1 is 1.07 bits per heavy atom. The van der Waals surface area contributed by atoms with E-state index in [-0.39, 0.29) is 13.1 Å². The number of thioether (sulfide) groups is 1. The van der Waals surface area contributed by atoms with E-state index in [2.05, 4.69) is 14.5 Å². The first-order valence-corrected chi connectivity index (χ1v) is 9.86. The molecule has 144 valence electrons. The van der Waals surface area contributed by atoms with Crippen LogP contribution in [-0.4, -0.2) is 55.0 Å². The van der Waals surface area contributed by atoms with E-state index >= 15 is 0 Å². The highest BCUT2D eigenvalue weighted by atomic mass is 32.2. The molecule has 2 rings (SSSR count). The number of carbonyl (C=O) groups is 3. The molecule has 0 saturated heterocycles. The topological polar surface area (TPSA) is 85.8 Å². The van der Waals surface area contributed by atoms with Gasteiger partial charge in [-0.3, -0.25) is 14.4 Å². The van der Waals surface area contributed by atoms with Crippen LogP contribution in [0, 0.1) is 6.92 Å². The Balaban J connectivity index is 2.03. The fourth-order valence-electron chi connectivity index (χ4n) is 2.11. The van der Waals surface area contributed by atoms with Crippen LogP contribution in [0.3, 0.4) is 0 Å². The first kappa shape index (κ1) is 20.9. The van der Waals surface area contributed by atoms with Crippen molar-refractivity contribution in [3.63, 3.8) is 0 Å². The van der Waals surface area contributed by atoms with Gasteiger partial charge in [-0.15, -0.1) is 11.3 Å². The molecule has 0 bridgehead atoms. The molecule has 9 heteroatoms. The number of hydrogen-bond acceptors (Lipinski definition) is 8. The summed E-state index contributed by atoms with van der Waals surface area (Å²) in [4.78, 5) is 41.2. The molecule has 2 aromatic rings. The highest BCUT2D eigenvalue weighted by Crippen LogP contribution is 2.26. The molecule has 0 saturated carbocycles. The molecule has 7 nitrogen and oxygen atoms in total. The summed E-state index contributed by atoms with van der Waals surface area (Å²) in [6, 6.07) is 7.03. The second kappa shape index (κ2) is 10.1. The van der Waals surface area contributed by atoms with Crippen molar-refractivity contribution >= 4 is 40.9 Å². The summed E-state index contributed by atoms with van der Waals surface area (Å²) in [5.41, 5.74) is 2.42. The maximum Gasteiger partial charge on any atom is 0.325 e. The Bertz CT molecular complexity index is 786. The lowest BCUT2D eigenvalue weighted by Crippen LogP contribution is -2.40. The summed E-state index contributed by atoms with van der Waals surface area (Å²) in [6.45, 7) is 1.30. The van der Waals surface area contributed by atoms with Gasteiger partial charge in [0, 0.05) is 22.4 Å². The Morgan fingerprint density at radius 2 is 1.67 bits per heavy atom. The quantitative estimate of drug-likeness (QED) is 0.490. The standard InChI is InChI=1S/C18H20N2O5S2/c1-12-10-26-18(19-12)27-11-13-4-6-14(7-5-13)17(23)20(8-15(21)24-2)9-16(22)25-3/h4-7,10H,8-9,11H2,1-3H3. The Hall–Kier alpha value is -2.39. The highest BCUT2D eigenvalue weighted by molar-refractivity contribution is 8.00. The van der Waals surface area contributed by atoms with Gasteiger partial charge in [0.2, 0.25) is 0 Å². The average molecular weight is 409 g/mol. The van der Waals surface area contributed by atoms with E-state index in [1.807, 2.05) is 24.4 Å². The molecule has 0 aliphatic heterocycles. The maximum absolute atomic E-state index is 12.6. The molecular formula is C18H20N2O5S2. The van der Waals surface area contributed by atoms with Crippen molar-refractivity contribution in [2.75, 3.05) is 27.3 Å². The van der Waals surface area contributed by atoms with E-state index in [0.29, 0.717) is 5.56 Å². The smallest absolute Gasteiger partial charge is 0.325 e. The van der Waals surface area contributed by atoms with Crippen LogP contribution in [0.5, 0.6) is 0 Å². The van der Waals surface area contributed by atoms with E-state index in [1.165, 1.54) is 14.2 Å². The van der Waals surface area contributed by atoms with Crippen LogP contribution in [0.1, 0.15) is 21.6 Å². The zero-order chi connectivity index (χ0) is 19.8. The van der Waals surface area contributed by atoms with E-state index < -0.39 is 17.8 Å². The van der Waals surface area contributed by atoms with Crippen molar-refractivity contribution in [3.05, 3.63) is 46.5 Å². The summed E-state index contributed by atoms with van der Waals surface area (Å²) >= 11 is 3.23. The minimum atomic E-state index is -0.612. The summed E-state index contributed by atoms with van der Waals surface area (Å²) in [5.74, 6) is -0.936. The summed E-state index contributed by atoms with van der Waals surface area (Å²) in [7, 11) is 2.44. The number of thiazole rings is 1. The second-order valence-electron chi connectivity index (χ2n) is 5.55. The first-order chi connectivity index (χ1) is 12.9. The molecule has 0 N–H and O–H groups in total. The maximum atomic E-state index is 12.6. The van der Waals surface area contributed by atoms with Crippen molar-refractivity contribution in [3.8, 4) is 0 Å². The van der Waals surface area contributed by atoms with Crippen LogP contribution in [0.15, 0.2) is 34.0 Å². The Kier molecular flexibility index (Phi) is 7.81. The van der Waals surface area contributed by atoms with E-state index in [4.69, 9.17) is 0 Å². The van der Waals surface area contributed by atoms with Crippen LogP contribution in [0.2, 0.25) is 0 Å². The number of ether oxygens (including phenoxy) is 2. The number of methoxy groups -OCH3 is 2. The summed E-state index contributed by atoms with van der Waals surface area (Å²) < 4.78 is 10.2. The minimum Gasteiger partial charge on any atom is -0.468 e. The van der Waals surface area contributed by atoms with Gasteiger partial charge in [-0.05, 0) is 24.6 Å². The number of benzene rings is 1. The lowest BCUT2D eigenvalue weighted by atomic mass is 10.1. The van der Waals surface area contributed by atoms with Gasteiger partial charge in [0.25, 0.3) is 5.91 Å². The molecule has 0 fully saturated rings. The molecule has 1 aromatic carbocycles. The number of carbonyl (C=O) groups excluding carboxylic acids is 3. The number of hydrogen-bond donors (Lipinski definition) is 0. The SMILES string of the molecule is COC(=O)CN(CC(=O)OC)C(=O)c1ccc(CSc2nc(C)cs2)cc1. The number of esters is 2. The Morgan fingerprint density at radius 3 is 2.15 bits per heavy atom. The Labute approximate surface area is 165 Å². The fraction of sp³-hybridized carbons (Fsp3) is 0.333. The second-order valence-corrected chi connectivity index (χ2v) is 7.63. The van der Waals surface area contributed by atoms with Gasteiger partial charge >= 0.3 is 11.9 Å². The van der Waals surface area contributed by atoms with Crippen LogP contribution in [0.25, 0.3) is 0 Å². The van der Waals surface area contributed by atoms with Gasteiger partial charge in [0.1, 0.15) is 17.4 Å². The lowest BCUT2D eigenvalue weighted by Gasteiger charge is -2.20. The predicted octanol–water partition coefficient (Wildman–Crippen LogP) is 2.53. The van der Waals surface area contributed by atoms with Gasteiger partial charge in [0.15, 0.2) is 0 Å². The van der Waals surface area contributed by atoms with E-state index in [0.717, 1.165) is 26.2 Å². The van der Waals surface area contributed by atoms with Crippen molar-refractivity contribution in [2.24, 2.45) is 0 Å². The summed E-state index contributed by atoms with van der Waals surface area (Å²) in [5, 5.41) is 2.00. The predicted molar refractivity (Wildman–Crippen MR) is 103 cm³/mol. The van der Waals surface area contributed by atoms with Gasteiger partial charge in [-0.2, -0.15) is 0 Å². The molecule has 0 aliphatic carbocycles. The zero-order valence-electron chi connectivity index (χ0n) is 15.3. The molecule has 0 spiro atoms. The van der Waals surface area contributed by atoms with Crippen molar-refractivity contribution in [1.29, 1.82) is 0 Å². The van der Waals surface area contributed by atoms with Crippen molar-refractivity contribution < 1.29 is 23.9 Å². The van der Waals surface area contributed by atoms with Crippen molar-refractivity contribution in [1.82, 2.24) is 9.88 Å². The normalized spacial score (nSPS) is 10.3. The molecule has 1 aromatic heterocycles. The number of amides is 1. The molecule has 27 heavy (non-hydrogen) atoms. The fourth-order valence-corrected chi connectivity index (χ4v) is 3.92. The number of aryl methyl sites for hydroxylation is 1. The lowest BCUT2D eigenvalue weighted by molar-refractivity contribution is -0.144. The molecule has 0 unspecified atom stereocenters. The zero-order valence-corrected chi connectivity index (χ0v) is 16.9. The van der Waals surface area contributed by atoms with Gasteiger partial charge in [-0.1, -0.05) is 23.9 Å². The summed E-state index contributed by atoms with van der Waals surface area (Å²) in [6.07, 6.45) is 0. The van der Waals surface area contributed by atoms with E-state index in [9.17, 15) is 14.4 Å². The molecule has 1 amide bonds. The van der Waals surface area contributed by atoms with Gasteiger partial charge < -0.3 is 14.4 Å². The van der Waals surface area contributed by atoms with E-state index in [1.54, 1.807) is 35.2 Å². The third kappa shape index (κ3) is 6.37. The largest absolute Gasteiger partial charge is 0.468 e. The number of nitrogens with zero attached hydrogens (tertiary/aromatic N) is 2. The highest BCUT2D eigenvalue weighted by Gasteiger charge is 2.22. The third-order valence-electron chi connectivity index (χ3n) is 3.54. The molecular weight excluding hydrogens is 388 g/mol. The van der Waals surface area contributed by atoms with Gasteiger partial charge in [0.05, 0.1) is 14.2 Å². The monoisotopic (exact) mass is 408 g/mol. The first-order valence-electron chi connectivity index (χ1n) is 7.99. The van der Waals surface area contributed by atoms with Crippen LogP contribution >= 0.6 is 23.1 Å². The van der Waals surface area contributed by atoms with Crippen LogP contribution in [0.4, 0.5) is 0 Å². The molecule has 0 aliphatic rings. The number of rotatable bonds is 8. The molecule has 0 radical (unpaired) electrons. The minimum absolute atomic E-state index is 0.328. The van der Waals surface area contributed by atoms with Crippen LogP contribution < -0.4 is 0 Å². The molecule has 1 heterocycles. The molecule has 0 atom stereocenters. The van der Waals surface area contributed by atoms with Crippen molar-refractivity contribution in [2.45, 2.75) is 17.0 Å². The average Bonchev–Trinajstić information content (AvgIpc) is 3.10. The number of aromatic nitrogens is 1. The van der Waals surface area contributed by atoms with Gasteiger partial charge in [-0.25, -0.2) is 4.98 Å². The third-order valence-corrected chi connectivity index (χ3v) is 5.75. The van der Waals surface area contributed by atoms with Crippen LogP contribution in [-0.2, 0) is 24.8 Å².